The maximum absolute atomic E-state index is 12.8. The summed E-state index contributed by atoms with van der Waals surface area (Å²) in [5, 5.41) is 3.18. The zero-order chi connectivity index (χ0) is 21.0. The number of carbonyl (C=O) groups is 2. The first-order valence-electron chi connectivity index (χ1n) is 12.1. The van der Waals surface area contributed by atoms with E-state index in [0.29, 0.717) is 28.7 Å². The fourth-order valence-corrected chi connectivity index (χ4v) is 6.37. The predicted octanol–water partition coefficient (Wildman–Crippen LogP) is 3.80. The van der Waals surface area contributed by atoms with Gasteiger partial charge in [-0.25, -0.2) is 0 Å². The van der Waals surface area contributed by atoms with E-state index in [9.17, 15) is 9.59 Å². The molecule has 1 heterocycles. The maximum atomic E-state index is 12.8. The Kier molecular flexibility index (Phi) is 4.62. The molecular formula is C26H32N2O3. The number of piperidine rings is 1. The van der Waals surface area contributed by atoms with Crippen molar-refractivity contribution in [2.45, 2.75) is 51.0 Å². The Morgan fingerprint density at radius 1 is 1.10 bits per heavy atom. The highest BCUT2D eigenvalue weighted by Gasteiger charge is 2.62. The third kappa shape index (κ3) is 3.56. The highest BCUT2D eigenvalue weighted by atomic mass is 16.5. The quantitative estimate of drug-likeness (QED) is 0.712. The molecule has 4 aliphatic carbocycles. The molecule has 1 N–H and O–H groups in total. The van der Waals surface area contributed by atoms with Crippen LogP contribution in [0.4, 0.5) is 0 Å². The van der Waals surface area contributed by atoms with Crippen LogP contribution in [0.5, 0.6) is 5.75 Å². The summed E-state index contributed by atoms with van der Waals surface area (Å²) < 4.78 is 6.18. The highest BCUT2D eigenvalue weighted by molar-refractivity contribution is 5.94. The van der Waals surface area contributed by atoms with Gasteiger partial charge in [0, 0.05) is 44.0 Å². The molecule has 2 amide bonds. The number of hydrogen-bond acceptors (Lipinski definition) is 3. The summed E-state index contributed by atoms with van der Waals surface area (Å²) >= 11 is 0. The van der Waals surface area contributed by atoms with Crippen molar-refractivity contribution in [3.05, 3.63) is 42.0 Å². The van der Waals surface area contributed by atoms with Gasteiger partial charge < -0.3 is 15.0 Å². The summed E-state index contributed by atoms with van der Waals surface area (Å²) in [6.45, 7) is 2.32. The lowest BCUT2D eigenvalue weighted by molar-refractivity contribution is -0.134. The molecule has 5 nitrogen and oxygen atoms in total. The summed E-state index contributed by atoms with van der Waals surface area (Å²) in [4.78, 5) is 27.0. The van der Waals surface area contributed by atoms with Gasteiger partial charge in [-0.3, -0.25) is 9.59 Å². The molecule has 1 aliphatic heterocycles. The van der Waals surface area contributed by atoms with Crippen LogP contribution >= 0.6 is 0 Å². The lowest BCUT2D eigenvalue weighted by atomic mass is 9.89. The summed E-state index contributed by atoms with van der Waals surface area (Å²) in [5.74, 6) is 3.37. The molecule has 5 aliphatic rings. The van der Waals surface area contributed by atoms with E-state index < -0.39 is 0 Å². The van der Waals surface area contributed by atoms with Gasteiger partial charge in [0.2, 0.25) is 5.91 Å². The molecule has 164 valence electrons. The Bertz CT molecular complexity index is 909. The molecule has 6 rings (SSSR count). The zero-order valence-corrected chi connectivity index (χ0v) is 18.1. The number of nitrogens with zero attached hydrogens (tertiary/aromatic N) is 1. The molecule has 0 aromatic heterocycles. The SMILES string of the molecule is O=C(NCC1CC2C=CC1C21CC1)c1cccc(OC2CCN(C(=O)C3CC3)CC2)c1. The minimum absolute atomic E-state index is 0.00750. The normalized spacial score (nSPS) is 30.6. The Labute approximate surface area is 184 Å². The van der Waals surface area contributed by atoms with Crippen molar-refractivity contribution in [2.24, 2.45) is 29.1 Å². The number of allylic oxidation sites excluding steroid dienone is 2. The molecule has 1 aromatic rings. The van der Waals surface area contributed by atoms with Crippen molar-refractivity contribution >= 4 is 11.8 Å². The van der Waals surface area contributed by atoms with E-state index in [1.807, 2.05) is 29.2 Å². The van der Waals surface area contributed by atoms with Crippen LogP contribution in [0.3, 0.4) is 0 Å². The van der Waals surface area contributed by atoms with E-state index in [1.54, 1.807) is 0 Å². The second-order valence-corrected chi connectivity index (χ2v) is 10.4. The molecule has 4 fully saturated rings. The lowest BCUT2D eigenvalue weighted by Gasteiger charge is -2.32. The molecule has 5 heteroatoms. The monoisotopic (exact) mass is 420 g/mol. The van der Waals surface area contributed by atoms with Crippen molar-refractivity contribution in [2.75, 3.05) is 19.6 Å². The number of likely N-dealkylation sites (tertiary alicyclic amines) is 1. The van der Waals surface area contributed by atoms with Gasteiger partial charge in [0.25, 0.3) is 5.91 Å². The Morgan fingerprint density at radius 2 is 1.90 bits per heavy atom. The summed E-state index contributed by atoms with van der Waals surface area (Å²) in [6.07, 6.45) is 12.7. The van der Waals surface area contributed by atoms with Gasteiger partial charge in [-0.05, 0) is 73.5 Å². The lowest BCUT2D eigenvalue weighted by Crippen LogP contribution is -2.42. The van der Waals surface area contributed by atoms with Crippen LogP contribution in [0.1, 0.15) is 55.3 Å². The topological polar surface area (TPSA) is 58.6 Å². The molecule has 3 atom stereocenters. The first-order chi connectivity index (χ1) is 15.1. The molecular weight excluding hydrogens is 388 g/mol. The van der Waals surface area contributed by atoms with Crippen LogP contribution in [0.15, 0.2) is 36.4 Å². The second kappa shape index (κ2) is 7.39. The Hall–Kier alpha value is -2.30. The molecule has 1 spiro atoms. The minimum Gasteiger partial charge on any atom is -0.490 e. The highest BCUT2D eigenvalue weighted by Crippen LogP contribution is 2.69. The number of ether oxygens (including phenoxy) is 1. The largest absolute Gasteiger partial charge is 0.490 e. The first-order valence-corrected chi connectivity index (χ1v) is 12.1. The van der Waals surface area contributed by atoms with Crippen LogP contribution in [0.2, 0.25) is 0 Å². The van der Waals surface area contributed by atoms with Gasteiger partial charge in [0.05, 0.1) is 0 Å². The number of nitrogens with one attached hydrogen (secondary N) is 1. The van der Waals surface area contributed by atoms with E-state index in [-0.39, 0.29) is 17.9 Å². The number of carbonyl (C=O) groups excluding carboxylic acids is 2. The van der Waals surface area contributed by atoms with Crippen LogP contribution in [-0.2, 0) is 4.79 Å². The third-order valence-corrected chi connectivity index (χ3v) is 8.45. The minimum atomic E-state index is -0.00750. The fourth-order valence-electron chi connectivity index (χ4n) is 6.37. The Balaban J connectivity index is 1.01. The Morgan fingerprint density at radius 3 is 2.61 bits per heavy atom. The van der Waals surface area contributed by atoms with Gasteiger partial charge in [-0.2, -0.15) is 0 Å². The average Bonchev–Trinajstić information content (AvgIpc) is 3.71. The number of amides is 2. The van der Waals surface area contributed by atoms with Gasteiger partial charge in [0.1, 0.15) is 11.9 Å². The molecule has 0 radical (unpaired) electrons. The van der Waals surface area contributed by atoms with Gasteiger partial charge in [-0.1, -0.05) is 18.2 Å². The number of rotatable bonds is 6. The maximum Gasteiger partial charge on any atom is 0.251 e. The van der Waals surface area contributed by atoms with E-state index in [0.717, 1.165) is 57.0 Å². The van der Waals surface area contributed by atoms with Crippen molar-refractivity contribution in [1.82, 2.24) is 10.2 Å². The third-order valence-electron chi connectivity index (χ3n) is 8.45. The number of hydrogen-bond donors (Lipinski definition) is 1. The first kappa shape index (κ1) is 19.4. The fraction of sp³-hybridized carbons (Fsp3) is 0.615. The van der Waals surface area contributed by atoms with Crippen LogP contribution in [0, 0.1) is 29.1 Å². The van der Waals surface area contributed by atoms with E-state index in [4.69, 9.17) is 4.74 Å². The predicted molar refractivity (Wildman–Crippen MR) is 118 cm³/mol. The van der Waals surface area contributed by atoms with E-state index >= 15 is 0 Å². The summed E-state index contributed by atoms with van der Waals surface area (Å²) in [5.41, 5.74) is 1.24. The summed E-state index contributed by atoms with van der Waals surface area (Å²) in [6, 6.07) is 7.55. The van der Waals surface area contributed by atoms with Crippen LogP contribution in [-0.4, -0.2) is 42.5 Å². The standard InChI is InChI=1S/C26H32N2O3/c29-24(27-16-19-14-20-6-7-23(19)26(20)10-11-26)18-2-1-3-22(15-18)31-21-8-12-28(13-9-21)25(30)17-4-5-17/h1-3,6-7,15,17,19-21,23H,4-5,8-14,16H2,(H,27,29). The van der Waals surface area contributed by atoms with Crippen molar-refractivity contribution in [3.63, 3.8) is 0 Å². The smallest absolute Gasteiger partial charge is 0.251 e. The second-order valence-electron chi connectivity index (χ2n) is 10.4. The van der Waals surface area contributed by atoms with Crippen molar-refractivity contribution < 1.29 is 14.3 Å². The number of benzene rings is 1. The molecule has 1 aromatic carbocycles. The van der Waals surface area contributed by atoms with Crippen molar-refractivity contribution in [3.8, 4) is 5.75 Å². The van der Waals surface area contributed by atoms with Crippen LogP contribution < -0.4 is 10.1 Å². The van der Waals surface area contributed by atoms with E-state index in [2.05, 4.69) is 17.5 Å². The average molecular weight is 421 g/mol. The van der Waals surface area contributed by atoms with Gasteiger partial charge >= 0.3 is 0 Å². The summed E-state index contributed by atoms with van der Waals surface area (Å²) in [7, 11) is 0. The van der Waals surface area contributed by atoms with E-state index in [1.165, 1.54) is 19.3 Å². The molecule has 2 bridgehead atoms. The zero-order valence-electron chi connectivity index (χ0n) is 18.1. The molecule has 31 heavy (non-hydrogen) atoms. The molecule has 3 unspecified atom stereocenters. The molecule has 1 saturated heterocycles. The van der Waals surface area contributed by atoms with Gasteiger partial charge in [0.15, 0.2) is 0 Å². The van der Waals surface area contributed by atoms with Crippen LogP contribution in [0.25, 0.3) is 0 Å². The molecule has 3 saturated carbocycles. The van der Waals surface area contributed by atoms with Gasteiger partial charge in [-0.15, -0.1) is 0 Å². The van der Waals surface area contributed by atoms with Crippen molar-refractivity contribution in [1.29, 1.82) is 0 Å².